The highest BCUT2D eigenvalue weighted by molar-refractivity contribution is 8.00. The number of aryl methyl sites for hydroxylation is 2. The topological polar surface area (TPSA) is 58.2 Å². The van der Waals surface area contributed by atoms with Gasteiger partial charge < -0.3 is 10.6 Å². The molecule has 5 heteroatoms. The molecule has 4 nitrogen and oxygen atoms in total. The van der Waals surface area contributed by atoms with Crippen LogP contribution in [0.2, 0.25) is 0 Å². The van der Waals surface area contributed by atoms with Crippen molar-refractivity contribution in [3.05, 3.63) is 53.6 Å². The number of carbonyl (C=O) groups excluding carboxylic acids is 2. The van der Waals surface area contributed by atoms with Crippen molar-refractivity contribution in [2.75, 3.05) is 16.4 Å². The van der Waals surface area contributed by atoms with Crippen molar-refractivity contribution in [1.29, 1.82) is 0 Å². The standard InChI is InChI=1S/C20H22N2O2S/c1-13-3-9-17(10-4-13)25-12-19(23)22-18-11-16(8-5-14(18)2)21-20(24)15-6-7-15/h3-5,8-11,15H,6-7,12H2,1-2H3,(H,21,24)(H,22,23). The summed E-state index contributed by atoms with van der Waals surface area (Å²) >= 11 is 1.51. The number of hydrogen-bond acceptors (Lipinski definition) is 3. The van der Waals surface area contributed by atoms with Crippen LogP contribution in [0.1, 0.15) is 24.0 Å². The van der Waals surface area contributed by atoms with Gasteiger partial charge in [-0.3, -0.25) is 9.59 Å². The van der Waals surface area contributed by atoms with Crippen molar-refractivity contribution in [3.8, 4) is 0 Å². The van der Waals surface area contributed by atoms with Crippen LogP contribution in [0.25, 0.3) is 0 Å². The van der Waals surface area contributed by atoms with Crippen LogP contribution >= 0.6 is 11.8 Å². The largest absolute Gasteiger partial charge is 0.326 e. The number of amides is 2. The highest BCUT2D eigenvalue weighted by Crippen LogP contribution is 2.31. The first-order chi connectivity index (χ1) is 12.0. The van der Waals surface area contributed by atoms with Crippen molar-refractivity contribution < 1.29 is 9.59 Å². The van der Waals surface area contributed by atoms with Crippen LogP contribution in [0.15, 0.2) is 47.4 Å². The second-order valence-corrected chi connectivity index (χ2v) is 7.49. The van der Waals surface area contributed by atoms with Crippen molar-refractivity contribution in [1.82, 2.24) is 0 Å². The van der Waals surface area contributed by atoms with Gasteiger partial charge in [-0.05, 0) is 56.5 Å². The highest BCUT2D eigenvalue weighted by atomic mass is 32.2. The van der Waals surface area contributed by atoms with Gasteiger partial charge in [0.15, 0.2) is 0 Å². The lowest BCUT2D eigenvalue weighted by Crippen LogP contribution is -2.16. The Morgan fingerprint density at radius 3 is 2.44 bits per heavy atom. The third-order valence-corrected chi connectivity index (χ3v) is 5.13. The molecule has 2 N–H and O–H groups in total. The molecule has 2 amide bonds. The zero-order valence-electron chi connectivity index (χ0n) is 14.5. The monoisotopic (exact) mass is 354 g/mol. The Morgan fingerprint density at radius 2 is 1.76 bits per heavy atom. The van der Waals surface area contributed by atoms with Gasteiger partial charge in [-0.25, -0.2) is 0 Å². The molecule has 1 aliphatic rings. The number of anilines is 2. The number of benzene rings is 2. The minimum absolute atomic E-state index is 0.0562. The maximum atomic E-state index is 12.2. The van der Waals surface area contributed by atoms with Crippen LogP contribution < -0.4 is 10.6 Å². The summed E-state index contributed by atoms with van der Waals surface area (Å²) in [7, 11) is 0. The third kappa shape index (κ3) is 5.10. The Kier molecular flexibility index (Phi) is 5.43. The first-order valence-electron chi connectivity index (χ1n) is 8.42. The molecular formula is C20H22N2O2S. The van der Waals surface area contributed by atoms with E-state index in [9.17, 15) is 9.59 Å². The molecule has 0 unspecified atom stereocenters. The van der Waals surface area contributed by atoms with Crippen LogP contribution in [-0.4, -0.2) is 17.6 Å². The van der Waals surface area contributed by atoms with Gasteiger partial charge in [0.25, 0.3) is 0 Å². The first kappa shape index (κ1) is 17.5. The number of carbonyl (C=O) groups is 2. The molecule has 0 aromatic heterocycles. The van der Waals surface area contributed by atoms with Crippen LogP contribution in [0.5, 0.6) is 0 Å². The minimum Gasteiger partial charge on any atom is -0.326 e. The maximum absolute atomic E-state index is 12.2. The van der Waals surface area contributed by atoms with Gasteiger partial charge in [0.1, 0.15) is 0 Å². The summed E-state index contributed by atoms with van der Waals surface area (Å²) in [4.78, 5) is 25.2. The molecule has 130 valence electrons. The van der Waals surface area contributed by atoms with Crippen LogP contribution in [-0.2, 0) is 9.59 Å². The average Bonchev–Trinajstić information content (AvgIpc) is 3.42. The number of thioether (sulfide) groups is 1. The van der Waals surface area contributed by atoms with Gasteiger partial charge in [-0.2, -0.15) is 0 Å². The van der Waals surface area contributed by atoms with E-state index in [2.05, 4.69) is 10.6 Å². The van der Waals surface area contributed by atoms with E-state index in [0.717, 1.165) is 34.7 Å². The van der Waals surface area contributed by atoms with Gasteiger partial charge in [-0.15, -0.1) is 11.8 Å². The van der Waals surface area contributed by atoms with Gasteiger partial charge in [0.05, 0.1) is 5.75 Å². The van der Waals surface area contributed by atoms with E-state index in [1.807, 2.05) is 56.3 Å². The van der Waals surface area contributed by atoms with E-state index in [1.54, 1.807) is 0 Å². The molecule has 0 radical (unpaired) electrons. The summed E-state index contributed by atoms with van der Waals surface area (Å²) in [6.45, 7) is 3.98. The summed E-state index contributed by atoms with van der Waals surface area (Å²) in [5, 5.41) is 5.85. The summed E-state index contributed by atoms with van der Waals surface area (Å²) in [6, 6.07) is 13.7. The maximum Gasteiger partial charge on any atom is 0.234 e. The zero-order chi connectivity index (χ0) is 17.8. The van der Waals surface area contributed by atoms with Crippen molar-refractivity contribution in [2.45, 2.75) is 31.6 Å². The SMILES string of the molecule is Cc1ccc(SCC(=O)Nc2cc(NC(=O)C3CC3)ccc2C)cc1. The van der Waals surface area contributed by atoms with Gasteiger partial charge >= 0.3 is 0 Å². The van der Waals surface area contributed by atoms with Gasteiger partial charge in [0, 0.05) is 22.2 Å². The minimum atomic E-state index is -0.0562. The van der Waals surface area contributed by atoms with E-state index >= 15 is 0 Å². The van der Waals surface area contributed by atoms with E-state index in [1.165, 1.54) is 17.3 Å². The normalized spacial score (nSPS) is 13.4. The van der Waals surface area contributed by atoms with Crippen LogP contribution in [0, 0.1) is 19.8 Å². The third-order valence-electron chi connectivity index (χ3n) is 4.12. The molecule has 1 saturated carbocycles. The Labute approximate surface area is 152 Å². The summed E-state index contributed by atoms with van der Waals surface area (Å²) in [5.74, 6) is 0.516. The Bertz CT molecular complexity index is 783. The quantitative estimate of drug-likeness (QED) is 0.757. The average molecular weight is 354 g/mol. The Balaban J connectivity index is 1.57. The molecule has 0 saturated heterocycles. The molecule has 0 bridgehead atoms. The fraction of sp³-hybridized carbons (Fsp3) is 0.300. The molecule has 0 spiro atoms. The fourth-order valence-corrected chi connectivity index (χ4v) is 3.09. The predicted octanol–water partition coefficient (Wildman–Crippen LogP) is 4.38. The van der Waals surface area contributed by atoms with Crippen molar-refractivity contribution >= 4 is 35.0 Å². The summed E-state index contributed by atoms with van der Waals surface area (Å²) in [6.07, 6.45) is 1.94. The molecule has 0 aliphatic heterocycles. The smallest absolute Gasteiger partial charge is 0.234 e. The number of rotatable bonds is 6. The number of hydrogen-bond donors (Lipinski definition) is 2. The lowest BCUT2D eigenvalue weighted by molar-refractivity contribution is -0.117. The molecule has 0 atom stereocenters. The molecule has 1 fully saturated rings. The van der Waals surface area contributed by atoms with Crippen molar-refractivity contribution in [2.24, 2.45) is 5.92 Å². The van der Waals surface area contributed by atoms with Gasteiger partial charge in [-0.1, -0.05) is 23.8 Å². The first-order valence-corrected chi connectivity index (χ1v) is 9.40. The molecule has 3 rings (SSSR count). The van der Waals surface area contributed by atoms with Crippen LogP contribution in [0.4, 0.5) is 11.4 Å². The molecule has 0 heterocycles. The molecule has 1 aliphatic carbocycles. The Hall–Kier alpha value is -2.27. The summed E-state index contributed by atoms with van der Waals surface area (Å²) in [5.41, 5.74) is 3.64. The lowest BCUT2D eigenvalue weighted by atomic mass is 10.1. The second kappa shape index (κ2) is 7.74. The zero-order valence-corrected chi connectivity index (χ0v) is 15.3. The summed E-state index contributed by atoms with van der Waals surface area (Å²) < 4.78 is 0. The molecule has 25 heavy (non-hydrogen) atoms. The lowest BCUT2D eigenvalue weighted by Gasteiger charge is -2.11. The van der Waals surface area contributed by atoms with Gasteiger partial charge in [0.2, 0.25) is 11.8 Å². The highest BCUT2D eigenvalue weighted by Gasteiger charge is 2.29. The fourth-order valence-electron chi connectivity index (χ4n) is 2.39. The predicted molar refractivity (Wildman–Crippen MR) is 103 cm³/mol. The molecular weight excluding hydrogens is 332 g/mol. The van der Waals surface area contributed by atoms with Crippen molar-refractivity contribution in [3.63, 3.8) is 0 Å². The van der Waals surface area contributed by atoms with E-state index in [-0.39, 0.29) is 17.7 Å². The molecule has 2 aromatic carbocycles. The van der Waals surface area contributed by atoms with Crippen LogP contribution in [0.3, 0.4) is 0 Å². The second-order valence-electron chi connectivity index (χ2n) is 6.44. The van der Waals surface area contributed by atoms with E-state index in [0.29, 0.717) is 5.75 Å². The Morgan fingerprint density at radius 1 is 1.04 bits per heavy atom. The van der Waals surface area contributed by atoms with E-state index in [4.69, 9.17) is 0 Å². The molecule has 2 aromatic rings. The van der Waals surface area contributed by atoms with E-state index < -0.39 is 0 Å². The number of nitrogens with one attached hydrogen (secondary N) is 2.